The number of imide groups is 1. The summed E-state index contributed by atoms with van der Waals surface area (Å²) in [6, 6.07) is 9.33. The van der Waals surface area contributed by atoms with E-state index < -0.39 is 11.5 Å². The fourth-order valence-corrected chi connectivity index (χ4v) is 6.11. The Bertz CT molecular complexity index is 828. The largest absolute Gasteiger partial charge is 0.392 e. The van der Waals surface area contributed by atoms with E-state index in [1.807, 2.05) is 56.0 Å². The second-order valence-corrected chi connectivity index (χ2v) is 11.1. The lowest BCUT2D eigenvalue weighted by atomic mass is 9.69. The summed E-state index contributed by atoms with van der Waals surface area (Å²) in [5.41, 5.74) is 0.363. The molecule has 1 aliphatic heterocycles. The first-order valence-corrected chi connectivity index (χ1v) is 10.8. The first-order chi connectivity index (χ1) is 13.4. The average molecular weight is 399 g/mol. The second kappa shape index (κ2) is 6.31. The third-order valence-corrected chi connectivity index (χ3v) is 8.42. The molecule has 1 aromatic carbocycles. The van der Waals surface area contributed by atoms with Crippen LogP contribution >= 0.6 is 0 Å². The molecule has 0 radical (unpaired) electrons. The van der Waals surface area contributed by atoms with E-state index in [-0.39, 0.29) is 41.3 Å². The molecule has 2 aliphatic carbocycles. The van der Waals surface area contributed by atoms with E-state index in [0.717, 1.165) is 18.5 Å². The first kappa shape index (κ1) is 20.4. The van der Waals surface area contributed by atoms with Gasteiger partial charge in [0.25, 0.3) is 0 Å². The van der Waals surface area contributed by atoms with Gasteiger partial charge in [0.05, 0.1) is 24.6 Å². The molecular formula is C24H34N2O3. The molecule has 3 fully saturated rings. The van der Waals surface area contributed by atoms with Crippen molar-refractivity contribution in [3.8, 4) is 0 Å². The number of nitrogens with zero attached hydrogens (tertiary/aromatic N) is 2. The minimum atomic E-state index is -0.786. The van der Waals surface area contributed by atoms with E-state index in [4.69, 9.17) is 0 Å². The number of urea groups is 1. The van der Waals surface area contributed by atoms with Crippen LogP contribution in [-0.4, -0.2) is 40.1 Å². The Hall–Kier alpha value is -1.88. The summed E-state index contributed by atoms with van der Waals surface area (Å²) in [7, 11) is 0. The highest BCUT2D eigenvalue weighted by atomic mass is 16.3. The molecule has 1 heterocycles. The molecule has 0 unspecified atom stereocenters. The number of rotatable bonds is 3. The van der Waals surface area contributed by atoms with Crippen molar-refractivity contribution in [3.63, 3.8) is 0 Å². The van der Waals surface area contributed by atoms with Gasteiger partial charge in [-0.25, -0.2) is 4.79 Å². The molecule has 2 bridgehead atoms. The summed E-state index contributed by atoms with van der Waals surface area (Å²) < 4.78 is 0. The Balaban J connectivity index is 1.76. The molecule has 3 amide bonds. The summed E-state index contributed by atoms with van der Waals surface area (Å²) in [5, 5.41) is 10.6. The van der Waals surface area contributed by atoms with Gasteiger partial charge in [-0.2, -0.15) is 0 Å². The Morgan fingerprint density at radius 1 is 1.21 bits per heavy atom. The number of hydrogen-bond acceptors (Lipinski definition) is 3. The van der Waals surface area contributed by atoms with Gasteiger partial charge in [0, 0.05) is 5.69 Å². The number of fused-ring (bicyclic) bond motifs is 5. The SMILES string of the molecule is CC(C)(C)[C@H](O)CC(=O)N1C(=O)N(c2ccccc2)[C@@H]2[C@H]3CC[C@@](C)([C@@H]21)C3(C)C. The first-order valence-electron chi connectivity index (χ1n) is 10.8. The molecule has 5 nitrogen and oxygen atoms in total. The van der Waals surface area contributed by atoms with Crippen LogP contribution in [0, 0.1) is 22.2 Å². The van der Waals surface area contributed by atoms with Crippen molar-refractivity contribution in [2.24, 2.45) is 22.2 Å². The predicted molar refractivity (Wildman–Crippen MR) is 113 cm³/mol. The van der Waals surface area contributed by atoms with Crippen LogP contribution in [-0.2, 0) is 4.79 Å². The quantitative estimate of drug-likeness (QED) is 0.818. The molecule has 1 N–H and O–H groups in total. The molecule has 0 spiro atoms. The van der Waals surface area contributed by atoms with Gasteiger partial charge in [-0.3, -0.25) is 14.6 Å². The number of hydrogen-bond donors (Lipinski definition) is 1. The number of aliphatic hydroxyl groups is 1. The van der Waals surface area contributed by atoms with Gasteiger partial charge in [0.1, 0.15) is 0 Å². The van der Waals surface area contributed by atoms with E-state index in [1.165, 1.54) is 4.90 Å². The maximum Gasteiger partial charge on any atom is 0.331 e. The molecule has 1 aromatic rings. The Morgan fingerprint density at radius 2 is 1.83 bits per heavy atom. The van der Waals surface area contributed by atoms with E-state index in [0.29, 0.717) is 5.92 Å². The van der Waals surface area contributed by atoms with Crippen LogP contribution in [0.5, 0.6) is 0 Å². The molecule has 158 valence electrons. The van der Waals surface area contributed by atoms with E-state index >= 15 is 0 Å². The Morgan fingerprint density at radius 3 is 2.41 bits per heavy atom. The molecule has 5 atom stereocenters. The third kappa shape index (κ3) is 2.69. The summed E-state index contributed by atoms with van der Waals surface area (Å²) in [5.74, 6) is 0.0995. The highest BCUT2D eigenvalue weighted by Crippen LogP contribution is 2.69. The molecule has 4 rings (SSSR count). The van der Waals surface area contributed by atoms with Gasteiger partial charge in [-0.15, -0.1) is 0 Å². The Kier molecular flexibility index (Phi) is 4.44. The van der Waals surface area contributed by atoms with Crippen molar-refractivity contribution < 1.29 is 14.7 Å². The average Bonchev–Trinajstić information content (AvgIpc) is 3.12. The molecule has 1 saturated heterocycles. The van der Waals surface area contributed by atoms with E-state index in [1.54, 1.807) is 0 Å². The zero-order valence-electron chi connectivity index (χ0n) is 18.5. The zero-order valence-corrected chi connectivity index (χ0v) is 18.5. The number of aliphatic hydroxyl groups excluding tert-OH is 1. The lowest BCUT2D eigenvalue weighted by Crippen LogP contribution is -2.51. The molecule has 5 heteroatoms. The fourth-order valence-electron chi connectivity index (χ4n) is 6.11. The maximum absolute atomic E-state index is 13.6. The van der Waals surface area contributed by atoms with Crippen molar-refractivity contribution >= 4 is 17.6 Å². The number of amides is 3. The number of para-hydroxylation sites is 1. The molecular weight excluding hydrogens is 364 g/mol. The molecule has 2 saturated carbocycles. The number of benzene rings is 1. The van der Waals surface area contributed by atoms with E-state index in [9.17, 15) is 14.7 Å². The zero-order chi connectivity index (χ0) is 21.4. The van der Waals surface area contributed by atoms with Crippen molar-refractivity contribution in [1.29, 1.82) is 0 Å². The lowest BCUT2D eigenvalue weighted by Gasteiger charge is -2.41. The summed E-state index contributed by atoms with van der Waals surface area (Å²) in [6.45, 7) is 12.6. The van der Waals surface area contributed by atoms with Crippen LogP contribution in [0.4, 0.5) is 10.5 Å². The van der Waals surface area contributed by atoms with Gasteiger partial charge >= 0.3 is 6.03 Å². The minimum Gasteiger partial charge on any atom is -0.392 e. The summed E-state index contributed by atoms with van der Waals surface area (Å²) in [4.78, 5) is 30.4. The Labute approximate surface area is 174 Å². The van der Waals surface area contributed by atoms with Crippen LogP contribution in [0.3, 0.4) is 0 Å². The highest BCUT2D eigenvalue weighted by molar-refractivity contribution is 6.06. The van der Waals surface area contributed by atoms with Crippen LogP contribution < -0.4 is 4.90 Å². The van der Waals surface area contributed by atoms with Gasteiger partial charge < -0.3 is 5.11 Å². The van der Waals surface area contributed by atoms with Crippen molar-refractivity contribution in [3.05, 3.63) is 30.3 Å². The molecule has 29 heavy (non-hydrogen) atoms. The smallest absolute Gasteiger partial charge is 0.331 e. The van der Waals surface area contributed by atoms with Crippen molar-refractivity contribution in [2.45, 2.75) is 79.0 Å². The van der Waals surface area contributed by atoms with Gasteiger partial charge in [0.15, 0.2) is 0 Å². The van der Waals surface area contributed by atoms with Crippen LogP contribution in [0.2, 0.25) is 0 Å². The molecule has 3 aliphatic rings. The van der Waals surface area contributed by atoms with Crippen LogP contribution in [0.1, 0.15) is 60.8 Å². The topological polar surface area (TPSA) is 60.9 Å². The molecule has 0 aromatic heterocycles. The van der Waals surface area contributed by atoms with Gasteiger partial charge in [-0.05, 0) is 47.1 Å². The van der Waals surface area contributed by atoms with Crippen LogP contribution in [0.25, 0.3) is 0 Å². The van der Waals surface area contributed by atoms with E-state index in [2.05, 4.69) is 20.8 Å². The number of anilines is 1. The summed E-state index contributed by atoms with van der Waals surface area (Å²) in [6.07, 6.45) is 1.29. The number of carbonyl (C=O) groups excluding carboxylic acids is 2. The lowest BCUT2D eigenvalue weighted by molar-refractivity contribution is -0.135. The van der Waals surface area contributed by atoms with Crippen molar-refractivity contribution in [1.82, 2.24) is 4.90 Å². The fraction of sp³-hybridized carbons (Fsp3) is 0.667. The maximum atomic E-state index is 13.6. The monoisotopic (exact) mass is 398 g/mol. The second-order valence-electron chi connectivity index (χ2n) is 11.1. The summed E-state index contributed by atoms with van der Waals surface area (Å²) >= 11 is 0. The third-order valence-electron chi connectivity index (χ3n) is 8.42. The minimum absolute atomic E-state index is 0.00520. The van der Waals surface area contributed by atoms with Crippen molar-refractivity contribution in [2.75, 3.05) is 4.90 Å². The normalized spacial score (nSPS) is 33.9. The van der Waals surface area contributed by atoms with Gasteiger partial charge in [0.2, 0.25) is 5.91 Å². The van der Waals surface area contributed by atoms with Crippen LogP contribution in [0.15, 0.2) is 30.3 Å². The number of carbonyl (C=O) groups is 2. The standard InChI is InChI=1S/C24H34N2O3/c1-22(2,3)17(27)14-18(28)26-20-19(16-12-13-24(20,6)23(16,4)5)25(21(26)29)15-10-8-7-9-11-15/h7-11,16-17,19-20,27H,12-14H2,1-6H3/t16-,17-,19-,20-,24+/m1/s1. The van der Waals surface area contributed by atoms with Gasteiger partial charge in [-0.1, -0.05) is 59.7 Å². The highest BCUT2D eigenvalue weighted by Gasteiger charge is 2.73. The predicted octanol–water partition coefficient (Wildman–Crippen LogP) is 4.45.